The molecule has 3 nitrogen and oxygen atoms in total. The van der Waals surface area contributed by atoms with E-state index in [1.165, 1.54) is 32.1 Å². The fraction of sp³-hybridized carbons (Fsp3) is 0.667. The van der Waals surface area contributed by atoms with Crippen molar-refractivity contribution in [1.82, 2.24) is 5.32 Å². The van der Waals surface area contributed by atoms with Gasteiger partial charge >= 0.3 is 0 Å². The Morgan fingerprint density at radius 2 is 2.05 bits per heavy atom. The smallest absolute Gasteiger partial charge is 0.165 e. The molecule has 0 aromatic heterocycles. The zero-order chi connectivity index (χ0) is 15.1. The summed E-state index contributed by atoms with van der Waals surface area (Å²) in [5, 5.41) is 3.55. The Balaban J connectivity index is 1.78. The van der Waals surface area contributed by atoms with Crippen molar-refractivity contribution in [2.45, 2.75) is 45.6 Å². The van der Waals surface area contributed by atoms with Crippen LogP contribution >= 0.6 is 0 Å². The molecule has 21 heavy (non-hydrogen) atoms. The molecule has 1 aliphatic rings. The predicted molar refractivity (Wildman–Crippen MR) is 87.0 cm³/mol. The molecule has 1 aromatic rings. The molecule has 118 valence electrons. The Labute approximate surface area is 129 Å². The van der Waals surface area contributed by atoms with Gasteiger partial charge in [-0.1, -0.05) is 38.3 Å². The summed E-state index contributed by atoms with van der Waals surface area (Å²) in [7, 11) is 3.38. The number of nitrogens with one attached hydrogen (secondary N) is 1. The maximum Gasteiger partial charge on any atom is 0.165 e. The van der Waals surface area contributed by atoms with E-state index < -0.39 is 0 Å². The lowest BCUT2D eigenvalue weighted by Crippen LogP contribution is -2.21. The van der Waals surface area contributed by atoms with Crippen LogP contribution in [0.1, 0.15) is 44.6 Å². The number of hydrogen-bond acceptors (Lipinski definition) is 3. The average molecular weight is 291 g/mol. The van der Waals surface area contributed by atoms with Gasteiger partial charge in [-0.2, -0.15) is 0 Å². The third-order valence-electron chi connectivity index (χ3n) is 4.57. The minimum Gasteiger partial charge on any atom is -0.493 e. The van der Waals surface area contributed by atoms with Crippen LogP contribution in [0.3, 0.4) is 0 Å². The van der Waals surface area contributed by atoms with Gasteiger partial charge in [0, 0.05) is 12.1 Å². The molecule has 0 bridgehead atoms. The van der Waals surface area contributed by atoms with Crippen molar-refractivity contribution in [3.05, 3.63) is 23.8 Å². The van der Waals surface area contributed by atoms with E-state index in [1.807, 2.05) is 12.1 Å². The van der Waals surface area contributed by atoms with Crippen molar-refractivity contribution in [2.75, 3.05) is 20.8 Å². The summed E-state index contributed by atoms with van der Waals surface area (Å²) >= 11 is 0. The lowest BCUT2D eigenvalue weighted by atomic mass is 9.81. The van der Waals surface area contributed by atoms with Crippen LogP contribution in [0.4, 0.5) is 0 Å². The second kappa shape index (κ2) is 8.28. The van der Waals surface area contributed by atoms with Crippen LogP contribution in [0.2, 0.25) is 0 Å². The molecule has 0 spiro atoms. The van der Waals surface area contributed by atoms with Gasteiger partial charge in [-0.3, -0.25) is 0 Å². The average Bonchev–Trinajstić information content (AvgIpc) is 2.51. The first-order valence-electron chi connectivity index (χ1n) is 8.15. The number of rotatable bonds is 7. The van der Waals surface area contributed by atoms with Crippen LogP contribution in [0, 0.1) is 11.8 Å². The second-order valence-electron chi connectivity index (χ2n) is 6.26. The Bertz CT molecular complexity index is 433. The minimum atomic E-state index is 0.804. The normalized spacial score (nSPS) is 22.0. The minimum absolute atomic E-state index is 0.804. The van der Waals surface area contributed by atoms with Crippen molar-refractivity contribution < 1.29 is 9.47 Å². The highest BCUT2D eigenvalue weighted by Gasteiger charge is 2.18. The van der Waals surface area contributed by atoms with Crippen molar-refractivity contribution in [3.63, 3.8) is 0 Å². The first-order chi connectivity index (χ1) is 10.2. The van der Waals surface area contributed by atoms with E-state index in [0.717, 1.165) is 42.0 Å². The molecule has 2 rings (SSSR count). The molecule has 1 fully saturated rings. The number of para-hydroxylation sites is 1. The topological polar surface area (TPSA) is 30.5 Å². The Hall–Kier alpha value is -1.22. The lowest BCUT2D eigenvalue weighted by molar-refractivity contribution is 0.267. The molecule has 1 saturated carbocycles. The molecule has 0 aliphatic heterocycles. The van der Waals surface area contributed by atoms with Crippen LogP contribution in [0.25, 0.3) is 0 Å². The highest BCUT2D eigenvalue weighted by Crippen LogP contribution is 2.31. The summed E-state index contributed by atoms with van der Waals surface area (Å²) in [5.41, 5.74) is 1.16. The van der Waals surface area contributed by atoms with Crippen LogP contribution in [-0.2, 0) is 6.54 Å². The summed E-state index contributed by atoms with van der Waals surface area (Å²) in [6.45, 7) is 4.31. The number of benzene rings is 1. The van der Waals surface area contributed by atoms with Gasteiger partial charge in [-0.15, -0.1) is 0 Å². The maximum absolute atomic E-state index is 5.46. The summed E-state index contributed by atoms with van der Waals surface area (Å²) in [5.74, 6) is 3.48. The van der Waals surface area contributed by atoms with E-state index >= 15 is 0 Å². The quantitative estimate of drug-likeness (QED) is 0.770. The summed E-state index contributed by atoms with van der Waals surface area (Å²) < 4.78 is 10.8. The summed E-state index contributed by atoms with van der Waals surface area (Å²) in [6, 6.07) is 6.05. The van der Waals surface area contributed by atoms with Gasteiger partial charge in [0.05, 0.1) is 14.2 Å². The zero-order valence-electron chi connectivity index (χ0n) is 13.7. The standard InChI is InChI=1S/C18H29NO2/c1-14-6-4-7-15(12-14)10-11-19-13-16-8-5-9-17(20-2)18(16)21-3/h5,8-9,14-15,19H,4,6-7,10-13H2,1-3H3. The fourth-order valence-corrected chi connectivity index (χ4v) is 3.44. The Morgan fingerprint density at radius 1 is 1.19 bits per heavy atom. The highest BCUT2D eigenvalue weighted by atomic mass is 16.5. The molecular weight excluding hydrogens is 262 g/mol. The molecule has 1 aromatic carbocycles. The molecular formula is C18H29NO2. The second-order valence-corrected chi connectivity index (χ2v) is 6.26. The molecule has 2 atom stereocenters. The Kier molecular flexibility index (Phi) is 6.37. The fourth-order valence-electron chi connectivity index (χ4n) is 3.44. The maximum atomic E-state index is 5.46. The van der Waals surface area contributed by atoms with E-state index in [4.69, 9.17) is 9.47 Å². The molecule has 0 saturated heterocycles. The van der Waals surface area contributed by atoms with Crippen molar-refractivity contribution in [1.29, 1.82) is 0 Å². The van der Waals surface area contributed by atoms with Gasteiger partial charge in [0.2, 0.25) is 0 Å². The molecule has 1 N–H and O–H groups in total. The SMILES string of the molecule is COc1cccc(CNCCC2CCCC(C)C2)c1OC. The number of hydrogen-bond donors (Lipinski definition) is 1. The van der Waals surface area contributed by atoms with Gasteiger partial charge in [-0.25, -0.2) is 0 Å². The number of methoxy groups -OCH3 is 2. The molecule has 0 heterocycles. The first-order valence-corrected chi connectivity index (χ1v) is 8.15. The van der Waals surface area contributed by atoms with E-state index in [9.17, 15) is 0 Å². The van der Waals surface area contributed by atoms with Gasteiger partial charge < -0.3 is 14.8 Å². The summed E-state index contributed by atoms with van der Waals surface area (Å²) in [6.07, 6.45) is 6.94. The van der Waals surface area contributed by atoms with E-state index in [2.05, 4.69) is 18.3 Å². The molecule has 0 amide bonds. The van der Waals surface area contributed by atoms with Gasteiger partial charge in [0.1, 0.15) is 0 Å². The lowest BCUT2D eigenvalue weighted by Gasteiger charge is -2.26. The van der Waals surface area contributed by atoms with Crippen LogP contribution in [0.5, 0.6) is 11.5 Å². The molecule has 3 heteroatoms. The van der Waals surface area contributed by atoms with Gasteiger partial charge in [0.25, 0.3) is 0 Å². The first kappa shape index (κ1) is 16.2. The monoisotopic (exact) mass is 291 g/mol. The Morgan fingerprint density at radius 3 is 2.76 bits per heavy atom. The van der Waals surface area contributed by atoms with Gasteiger partial charge in [-0.05, 0) is 37.3 Å². The van der Waals surface area contributed by atoms with Crippen molar-refractivity contribution in [2.24, 2.45) is 11.8 Å². The van der Waals surface area contributed by atoms with Crippen molar-refractivity contribution in [3.8, 4) is 11.5 Å². The van der Waals surface area contributed by atoms with Crippen LogP contribution in [0.15, 0.2) is 18.2 Å². The molecule has 0 radical (unpaired) electrons. The van der Waals surface area contributed by atoms with E-state index in [-0.39, 0.29) is 0 Å². The van der Waals surface area contributed by atoms with E-state index in [0.29, 0.717) is 0 Å². The zero-order valence-corrected chi connectivity index (χ0v) is 13.7. The number of ether oxygens (including phenoxy) is 2. The third kappa shape index (κ3) is 4.63. The molecule has 1 aliphatic carbocycles. The largest absolute Gasteiger partial charge is 0.493 e. The van der Waals surface area contributed by atoms with Crippen LogP contribution in [-0.4, -0.2) is 20.8 Å². The third-order valence-corrected chi connectivity index (χ3v) is 4.57. The van der Waals surface area contributed by atoms with Crippen molar-refractivity contribution >= 4 is 0 Å². The van der Waals surface area contributed by atoms with Gasteiger partial charge in [0.15, 0.2) is 11.5 Å². The molecule has 2 unspecified atom stereocenters. The highest BCUT2D eigenvalue weighted by molar-refractivity contribution is 5.46. The predicted octanol–water partition coefficient (Wildman–Crippen LogP) is 4.01. The van der Waals surface area contributed by atoms with E-state index in [1.54, 1.807) is 14.2 Å². The summed E-state index contributed by atoms with van der Waals surface area (Å²) in [4.78, 5) is 0. The van der Waals surface area contributed by atoms with Crippen LogP contribution < -0.4 is 14.8 Å².